The van der Waals surface area contributed by atoms with Crippen molar-refractivity contribution in [1.29, 1.82) is 0 Å². The molecule has 1 aromatic carbocycles. The Balaban J connectivity index is 1.91. The first kappa shape index (κ1) is 10.3. The van der Waals surface area contributed by atoms with Crippen molar-refractivity contribution in [3.8, 4) is 0 Å². The molecule has 0 bridgehead atoms. The van der Waals surface area contributed by atoms with Crippen LogP contribution in [0.2, 0.25) is 0 Å². The van der Waals surface area contributed by atoms with E-state index < -0.39 is 11.4 Å². The molecule has 0 amide bonds. The number of nitrogens with zero attached hydrogens (tertiary/aromatic N) is 1. The molecule has 0 unspecified atom stereocenters. The van der Waals surface area contributed by atoms with Crippen LogP contribution in [0.5, 0.6) is 0 Å². The minimum Gasteiger partial charge on any atom is -0.481 e. The number of hydrogen-bond acceptors (Lipinski definition) is 4. The quantitative estimate of drug-likeness (QED) is 0.869. The van der Waals surface area contributed by atoms with Gasteiger partial charge in [-0.1, -0.05) is 6.07 Å². The van der Waals surface area contributed by atoms with Crippen LogP contribution in [0.25, 0.3) is 11.1 Å². The van der Waals surface area contributed by atoms with Crippen LogP contribution >= 0.6 is 0 Å². The summed E-state index contributed by atoms with van der Waals surface area (Å²) in [5.74, 6) is -0.804. The Bertz CT molecular complexity index is 571. The predicted molar refractivity (Wildman–Crippen MR) is 58.6 cm³/mol. The molecule has 88 valence electrons. The van der Waals surface area contributed by atoms with E-state index in [9.17, 15) is 9.90 Å². The highest BCUT2D eigenvalue weighted by atomic mass is 16.5. The molecule has 5 heteroatoms. The normalized spacial score (nSPS) is 17.9. The fraction of sp³-hybridized carbons (Fsp3) is 0.333. The van der Waals surface area contributed by atoms with E-state index in [1.807, 2.05) is 18.2 Å². The second-order valence-corrected chi connectivity index (χ2v) is 4.41. The summed E-state index contributed by atoms with van der Waals surface area (Å²) in [6.45, 7) is 0.549. The van der Waals surface area contributed by atoms with E-state index in [1.165, 1.54) is 6.39 Å². The maximum Gasteiger partial charge on any atom is 0.314 e. The van der Waals surface area contributed by atoms with Crippen molar-refractivity contribution in [1.82, 2.24) is 4.98 Å². The summed E-state index contributed by atoms with van der Waals surface area (Å²) < 4.78 is 10.2. The first-order valence-electron chi connectivity index (χ1n) is 5.33. The summed E-state index contributed by atoms with van der Waals surface area (Å²) in [6, 6.07) is 5.56. The zero-order valence-electron chi connectivity index (χ0n) is 9.05. The third-order valence-electron chi connectivity index (χ3n) is 3.15. The maximum atomic E-state index is 11.2. The third-order valence-corrected chi connectivity index (χ3v) is 3.15. The number of carboxylic acid groups (broad SMARTS) is 1. The molecule has 2 aromatic rings. The van der Waals surface area contributed by atoms with E-state index in [2.05, 4.69) is 4.98 Å². The molecule has 0 saturated carbocycles. The number of hydrogen-bond donors (Lipinski definition) is 1. The maximum absolute atomic E-state index is 11.2. The van der Waals surface area contributed by atoms with Crippen LogP contribution in [0.15, 0.2) is 29.0 Å². The molecule has 1 saturated heterocycles. The number of aromatic nitrogens is 1. The average Bonchev–Trinajstić information content (AvgIpc) is 2.69. The zero-order valence-corrected chi connectivity index (χ0v) is 9.05. The van der Waals surface area contributed by atoms with E-state index in [0.717, 1.165) is 11.1 Å². The number of fused-ring (bicyclic) bond motifs is 1. The number of carbonyl (C=O) groups is 1. The van der Waals surface area contributed by atoms with E-state index >= 15 is 0 Å². The minimum atomic E-state index is -0.804. The molecule has 1 N–H and O–H groups in total. The smallest absolute Gasteiger partial charge is 0.314 e. The van der Waals surface area contributed by atoms with Crippen molar-refractivity contribution in [2.45, 2.75) is 6.42 Å². The number of benzene rings is 1. The average molecular weight is 233 g/mol. The number of aliphatic carboxylic acids is 1. The van der Waals surface area contributed by atoms with E-state index in [0.29, 0.717) is 12.0 Å². The molecule has 1 aliphatic heterocycles. The van der Waals surface area contributed by atoms with Crippen molar-refractivity contribution < 1.29 is 19.1 Å². The molecule has 0 aliphatic carbocycles. The lowest BCUT2D eigenvalue weighted by atomic mass is 9.80. The van der Waals surface area contributed by atoms with Crippen molar-refractivity contribution in [2.24, 2.45) is 5.41 Å². The number of ether oxygens (including phenoxy) is 1. The molecule has 1 aliphatic rings. The van der Waals surface area contributed by atoms with E-state index in [-0.39, 0.29) is 13.2 Å². The second-order valence-electron chi connectivity index (χ2n) is 4.41. The SMILES string of the molecule is O=C(O)C1(Cc2ccc3ncoc3c2)COC1. The number of carboxylic acids is 1. The summed E-state index contributed by atoms with van der Waals surface area (Å²) in [6.07, 6.45) is 1.84. The highest BCUT2D eigenvalue weighted by Gasteiger charge is 2.46. The lowest BCUT2D eigenvalue weighted by Gasteiger charge is -2.37. The molecule has 0 radical (unpaired) electrons. The molecule has 17 heavy (non-hydrogen) atoms. The first-order valence-corrected chi connectivity index (χ1v) is 5.33. The summed E-state index contributed by atoms with van der Waals surface area (Å²) in [5, 5.41) is 9.20. The van der Waals surface area contributed by atoms with Gasteiger partial charge >= 0.3 is 5.97 Å². The van der Waals surface area contributed by atoms with Gasteiger partial charge in [-0.3, -0.25) is 4.79 Å². The Morgan fingerprint density at radius 1 is 1.47 bits per heavy atom. The van der Waals surface area contributed by atoms with Crippen LogP contribution in [0.3, 0.4) is 0 Å². The lowest BCUT2D eigenvalue weighted by molar-refractivity contribution is -0.179. The van der Waals surface area contributed by atoms with E-state index in [1.54, 1.807) is 0 Å². The Morgan fingerprint density at radius 2 is 2.29 bits per heavy atom. The van der Waals surface area contributed by atoms with Gasteiger partial charge in [-0.25, -0.2) is 4.98 Å². The fourth-order valence-corrected chi connectivity index (χ4v) is 2.05. The van der Waals surface area contributed by atoms with Gasteiger partial charge in [0.25, 0.3) is 0 Å². The monoisotopic (exact) mass is 233 g/mol. The highest BCUT2D eigenvalue weighted by Crippen LogP contribution is 2.32. The van der Waals surface area contributed by atoms with Gasteiger partial charge < -0.3 is 14.3 Å². The predicted octanol–water partition coefficient (Wildman–Crippen LogP) is 1.47. The topological polar surface area (TPSA) is 72.6 Å². The Hall–Kier alpha value is -1.88. The molecule has 0 atom stereocenters. The van der Waals surface area contributed by atoms with Crippen LogP contribution in [-0.2, 0) is 16.0 Å². The highest BCUT2D eigenvalue weighted by molar-refractivity contribution is 5.77. The molecule has 0 spiro atoms. The zero-order chi connectivity index (χ0) is 11.9. The minimum absolute atomic E-state index is 0.275. The second kappa shape index (κ2) is 3.56. The van der Waals surface area contributed by atoms with Crippen LogP contribution < -0.4 is 0 Å². The van der Waals surface area contributed by atoms with Crippen LogP contribution in [-0.4, -0.2) is 29.3 Å². The van der Waals surface area contributed by atoms with Gasteiger partial charge in [0.2, 0.25) is 0 Å². The van der Waals surface area contributed by atoms with Crippen molar-refractivity contribution in [3.05, 3.63) is 30.2 Å². The Morgan fingerprint density at radius 3 is 2.94 bits per heavy atom. The van der Waals surface area contributed by atoms with Crippen LogP contribution in [0.1, 0.15) is 5.56 Å². The van der Waals surface area contributed by atoms with Gasteiger partial charge in [0.05, 0.1) is 13.2 Å². The summed E-state index contributed by atoms with van der Waals surface area (Å²) in [5.41, 5.74) is 1.62. The molecule has 1 fully saturated rings. The first-order chi connectivity index (χ1) is 8.20. The lowest BCUT2D eigenvalue weighted by Crippen LogP contribution is -2.50. The van der Waals surface area contributed by atoms with Gasteiger partial charge in [0.1, 0.15) is 10.9 Å². The standard InChI is InChI=1S/C12H11NO4/c14-11(15)12(5-16-6-12)4-8-1-2-9-10(3-8)17-7-13-9/h1-3,7H,4-6H2,(H,14,15). The van der Waals surface area contributed by atoms with Gasteiger partial charge in [0, 0.05) is 0 Å². The van der Waals surface area contributed by atoms with Crippen LogP contribution in [0.4, 0.5) is 0 Å². The molecule has 1 aromatic heterocycles. The summed E-state index contributed by atoms with van der Waals surface area (Å²) in [4.78, 5) is 15.2. The van der Waals surface area contributed by atoms with Crippen molar-refractivity contribution in [2.75, 3.05) is 13.2 Å². The molecular formula is C12H11NO4. The Labute approximate surface area is 97.0 Å². The largest absolute Gasteiger partial charge is 0.481 e. The van der Waals surface area contributed by atoms with Crippen molar-refractivity contribution >= 4 is 17.1 Å². The van der Waals surface area contributed by atoms with Crippen LogP contribution in [0, 0.1) is 5.41 Å². The number of oxazole rings is 1. The molecule has 2 heterocycles. The van der Waals surface area contributed by atoms with Gasteiger partial charge in [0.15, 0.2) is 12.0 Å². The summed E-state index contributed by atoms with van der Waals surface area (Å²) >= 11 is 0. The van der Waals surface area contributed by atoms with E-state index in [4.69, 9.17) is 9.15 Å². The molecule has 5 nitrogen and oxygen atoms in total. The third kappa shape index (κ3) is 1.59. The molecule has 3 rings (SSSR count). The summed E-state index contributed by atoms with van der Waals surface area (Å²) in [7, 11) is 0. The number of rotatable bonds is 3. The van der Waals surface area contributed by atoms with Gasteiger partial charge in [-0.15, -0.1) is 0 Å². The van der Waals surface area contributed by atoms with Gasteiger partial charge in [-0.05, 0) is 24.1 Å². The fourth-order valence-electron chi connectivity index (χ4n) is 2.05. The van der Waals surface area contributed by atoms with Gasteiger partial charge in [-0.2, -0.15) is 0 Å². The van der Waals surface area contributed by atoms with Crippen molar-refractivity contribution in [3.63, 3.8) is 0 Å². The Kier molecular flexibility index (Phi) is 2.16. The molecular weight excluding hydrogens is 222 g/mol.